The van der Waals surface area contributed by atoms with Crippen molar-refractivity contribution in [1.82, 2.24) is 10.2 Å². The predicted molar refractivity (Wildman–Crippen MR) is 71.9 cm³/mol. The maximum Gasteiger partial charge on any atom is 0.241 e. The van der Waals surface area contributed by atoms with E-state index in [1.807, 2.05) is 0 Å². The fourth-order valence-corrected chi connectivity index (χ4v) is 3.39. The summed E-state index contributed by atoms with van der Waals surface area (Å²) in [5.41, 5.74) is 0. The normalized spacial score (nSPS) is 30.3. The number of amides is 1. The molecule has 2 saturated carbocycles. The second kappa shape index (κ2) is 4.84. The smallest absolute Gasteiger partial charge is 0.241 e. The molecular weight excluding hydrogens is 224 g/mol. The van der Waals surface area contributed by atoms with Gasteiger partial charge >= 0.3 is 0 Å². The van der Waals surface area contributed by atoms with Crippen LogP contribution in [0.2, 0.25) is 0 Å². The Bertz CT molecular complexity index is 310. The highest BCUT2D eigenvalue weighted by Gasteiger charge is 2.44. The topological polar surface area (TPSA) is 32.3 Å². The Balaban J connectivity index is 1.58. The first-order valence-corrected chi connectivity index (χ1v) is 7.73. The zero-order valence-corrected chi connectivity index (χ0v) is 11.7. The lowest BCUT2D eigenvalue weighted by Crippen LogP contribution is -2.37. The van der Waals surface area contributed by atoms with Crippen LogP contribution in [0.5, 0.6) is 0 Å². The molecule has 0 aromatic rings. The summed E-state index contributed by atoms with van der Waals surface area (Å²) >= 11 is 0. The van der Waals surface area contributed by atoms with Crippen LogP contribution < -0.4 is 5.32 Å². The zero-order valence-electron chi connectivity index (χ0n) is 11.7. The van der Waals surface area contributed by atoms with Crippen molar-refractivity contribution in [3.63, 3.8) is 0 Å². The number of nitrogens with zero attached hydrogens (tertiary/aromatic N) is 1. The fourth-order valence-electron chi connectivity index (χ4n) is 3.39. The summed E-state index contributed by atoms with van der Waals surface area (Å²) in [4.78, 5) is 14.5. The average Bonchev–Trinajstić information content (AvgIpc) is 3.26. The van der Waals surface area contributed by atoms with Gasteiger partial charge in [0.15, 0.2) is 0 Å². The van der Waals surface area contributed by atoms with Gasteiger partial charge in [0.2, 0.25) is 5.91 Å². The van der Waals surface area contributed by atoms with Crippen molar-refractivity contribution >= 4 is 5.91 Å². The van der Waals surface area contributed by atoms with Gasteiger partial charge in [-0.15, -0.1) is 0 Å². The molecular formula is C15H26N2O. The van der Waals surface area contributed by atoms with Crippen molar-refractivity contribution in [2.45, 2.75) is 52.0 Å². The third-order valence-electron chi connectivity index (χ3n) is 5.18. The Morgan fingerprint density at radius 2 is 1.89 bits per heavy atom. The molecule has 3 fully saturated rings. The van der Waals surface area contributed by atoms with Gasteiger partial charge in [-0.3, -0.25) is 10.1 Å². The second-order valence-electron chi connectivity index (χ2n) is 6.62. The highest BCUT2D eigenvalue weighted by atomic mass is 16.2. The fraction of sp³-hybridized carbons (Fsp3) is 0.933. The summed E-state index contributed by atoms with van der Waals surface area (Å²) in [7, 11) is 0. The quantitative estimate of drug-likeness (QED) is 0.784. The summed E-state index contributed by atoms with van der Waals surface area (Å²) in [6.45, 7) is 6.15. The van der Waals surface area contributed by atoms with Gasteiger partial charge in [0.1, 0.15) is 0 Å². The van der Waals surface area contributed by atoms with Crippen LogP contribution in [0.3, 0.4) is 0 Å². The van der Waals surface area contributed by atoms with Crippen LogP contribution in [0.1, 0.15) is 46.0 Å². The second-order valence-corrected chi connectivity index (χ2v) is 6.62. The largest absolute Gasteiger partial charge is 0.328 e. The van der Waals surface area contributed by atoms with Crippen LogP contribution in [-0.2, 0) is 4.79 Å². The Labute approximate surface area is 110 Å². The Hall–Kier alpha value is -0.570. The Kier molecular flexibility index (Phi) is 3.35. The molecule has 1 amide bonds. The lowest BCUT2D eigenvalue weighted by atomic mass is 9.96. The number of carbonyl (C=O) groups is 1. The number of nitrogens with one attached hydrogen (secondary N) is 1. The molecule has 3 nitrogen and oxygen atoms in total. The summed E-state index contributed by atoms with van der Waals surface area (Å²) in [5, 5.41) is 3.41. The molecule has 3 heteroatoms. The van der Waals surface area contributed by atoms with Crippen molar-refractivity contribution in [1.29, 1.82) is 0 Å². The van der Waals surface area contributed by atoms with Gasteiger partial charge in [0.05, 0.1) is 12.7 Å². The van der Waals surface area contributed by atoms with Crippen LogP contribution in [-0.4, -0.2) is 30.1 Å². The van der Waals surface area contributed by atoms with E-state index in [1.165, 1.54) is 25.7 Å². The van der Waals surface area contributed by atoms with E-state index in [-0.39, 0.29) is 6.04 Å². The van der Waals surface area contributed by atoms with Crippen molar-refractivity contribution in [2.24, 2.45) is 23.7 Å². The first kappa shape index (κ1) is 12.5. The molecule has 0 radical (unpaired) electrons. The van der Waals surface area contributed by atoms with E-state index in [9.17, 15) is 4.79 Å². The summed E-state index contributed by atoms with van der Waals surface area (Å²) in [6, 6.07) is 0.0778. The molecule has 18 heavy (non-hydrogen) atoms. The van der Waals surface area contributed by atoms with E-state index in [0.29, 0.717) is 11.8 Å². The molecule has 102 valence electrons. The van der Waals surface area contributed by atoms with Crippen LogP contribution >= 0.6 is 0 Å². The van der Waals surface area contributed by atoms with Crippen molar-refractivity contribution in [3.8, 4) is 0 Å². The van der Waals surface area contributed by atoms with Gasteiger partial charge in [0, 0.05) is 6.54 Å². The van der Waals surface area contributed by atoms with E-state index >= 15 is 0 Å². The highest BCUT2D eigenvalue weighted by molar-refractivity contribution is 5.84. The third-order valence-corrected chi connectivity index (χ3v) is 5.18. The van der Waals surface area contributed by atoms with E-state index in [2.05, 4.69) is 24.1 Å². The number of hydrogen-bond donors (Lipinski definition) is 1. The molecule has 0 bridgehead atoms. The first-order chi connectivity index (χ1) is 8.70. The molecule has 2 unspecified atom stereocenters. The van der Waals surface area contributed by atoms with Crippen LogP contribution in [0.4, 0.5) is 0 Å². The standard InChI is InChI=1S/C15H26N2O/c1-3-10(2)14-15(18)17(9-16-14)8-13(11-4-5-11)12-6-7-12/h10-14,16H,3-9H2,1-2H3. The summed E-state index contributed by atoms with van der Waals surface area (Å²) < 4.78 is 0. The molecule has 2 aliphatic carbocycles. The van der Waals surface area contributed by atoms with Gasteiger partial charge in [-0.05, 0) is 49.4 Å². The molecule has 0 aromatic carbocycles. The monoisotopic (exact) mass is 250 g/mol. The van der Waals surface area contributed by atoms with E-state index in [0.717, 1.165) is 37.4 Å². The molecule has 3 rings (SSSR count). The number of rotatable bonds is 6. The maximum absolute atomic E-state index is 12.4. The van der Waals surface area contributed by atoms with E-state index in [4.69, 9.17) is 0 Å². The van der Waals surface area contributed by atoms with Gasteiger partial charge in [-0.1, -0.05) is 20.3 Å². The zero-order chi connectivity index (χ0) is 12.7. The highest BCUT2D eigenvalue weighted by Crippen LogP contribution is 2.49. The SMILES string of the molecule is CCC(C)C1NCN(CC(C2CC2)C2CC2)C1=O. The van der Waals surface area contributed by atoms with Crippen molar-refractivity contribution in [2.75, 3.05) is 13.2 Å². The molecule has 1 saturated heterocycles. The maximum atomic E-state index is 12.4. The van der Waals surface area contributed by atoms with Gasteiger partial charge in [-0.25, -0.2) is 0 Å². The van der Waals surface area contributed by atoms with E-state index < -0.39 is 0 Å². The van der Waals surface area contributed by atoms with E-state index in [1.54, 1.807) is 0 Å². The molecule has 0 aromatic heterocycles. The third kappa shape index (κ3) is 2.42. The predicted octanol–water partition coefficient (Wildman–Crippen LogP) is 2.23. The Morgan fingerprint density at radius 3 is 2.39 bits per heavy atom. The van der Waals surface area contributed by atoms with Gasteiger partial charge in [-0.2, -0.15) is 0 Å². The minimum absolute atomic E-state index is 0.0778. The minimum Gasteiger partial charge on any atom is -0.328 e. The lowest BCUT2D eigenvalue weighted by Gasteiger charge is -2.24. The van der Waals surface area contributed by atoms with Gasteiger partial charge < -0.3 is 4.90 Å². The minimum atomic E-state index is 0.0778. The van der Waals surface area contributed by atoms with Crippen molar-refractivity contribution in [3.05, 3.63) is 0 Å². The number of hydrogen-bond acceptors (Lipinski definition) is 2. The summed E-state index contributed by atoms with van der Waals surface area (Å²) in [5.74, 6) is 3.51. The first-order valence-electron chi connectivity index (χ1n) is 7.73. The van der Waals surface area contributed by atoms with Crippen LogP contribution in [0, 0.1) is 23.7 Å². The summed E-state index contributed by atoms with van der Waals surface area (Å²) in [6.07, 6.45) is 6.71. The molecule has 0 spiro atoms. The molecule has 1 aliphatic heterocycles. The Morgan fingerprint density at radius 1 is 1.28 bits per heavy atom. The van der Waals surface area contributed by atoms with Crippen molar-refractivity contribution < 1.29 is 4.79 Å². The molecule has 1 N–H and O–H groups in total. The lowest BCUT2D eigenvalue weighted by molar-refractivity contribution is -0.130. The average molecular weight is 250 g/mol. The van der Waals surface area contributed by atoms with Gasteiger partial charge in [0.25, 0.3) is 0 Å². The van der Waals surface area contributed by atoms with Crippen LogP contribution in [0.25, 0.3) is 0 Å². The molecule has 1 heterocycles. The molecule has 3 aliphatic rings. The number of carbonyl (C=O) groups excluding carboxylic acids is 1. The molecule has 2 atom stereocenters. The van der Waals surface area contributed by atoms with Crippen LogP contribution in [0.15, 0.2) is 0 Å².